The number of methoxy groups -OCH3 is 1. The van der Waals surface area contributed by atoms with E-state index in [0.717, 1.165) is 10.6 Å². The van der Waals surface area contributed by atoms with Gasteiger partial charge in [-0.2, -0.15) is 0 Å². The van der Waals surface area contributed by atoms with Crippen LogP contribution in [0.2, 0.25) is 5.02 Å². The predicted molar refractivity (Wildman–Crippen MR) is 76.8 cm³/mol. The third-order valence-corrected chi connectivity index (χ3v) is 3.28. The van der Waals surface area contributed by atoms with Crippen LogP contribution in [-0.2, 0) is 11.3 Å². The highest BCUT2D eigenvalue weighted by Crippen LogP contribution is 2.17. The minimum Gasteiger partial charge on any atom is -0.467 e. The predicted octanol–water partition coefficient (Wildman–Crippen LogP) is 3.57. The lowest BCUT2D eigenvalue weighted by Crippen LogP contribution is -2.17. The van der Waals surface area contributed by atoms with Crippen LogP contribution in [0, 0.1) is 0 Å². The first-order chi connectivity index (χ1) is 9.60. The number of carbonyl (C=O) groups is 1. The van der Waals surface area contributed by atoms with Gasteiger partial charge in [0.05, 0.1) is 19.2 Å². The van der Waals surface area contributed by atoms with Crippen LogP contribution in [0.25, 0.3) is 0 Å². The first kappa shape index (κ1) is 14.6. The minimum absolute atomic E-state index is 0.152. The van der Waals surface area contributed by atoms with Crippen LogP contribution in [-0.4, -0.2) is 13.1 Å². The van der Waals surface area contributed by atoms with Crippen LogP contribution in [0.4, 0.5) is 0 Å². The molecule has 0 radical (unpaired) electrons. The number of hydrogen-bond donors (Lipinski definition) is 1. The first-order valence-corrected chi connectivity index (χ1v) is 6.62. The normalized spacial score (nSPS) is 12.2. The van der Waals surface area contributed by atoms with E-state index in [1.165, 1.54) is 13.4 Å². The molecule has 1 heterocycles. The van der Waals surface area contributed by atoms with Crippen molar-refractivity contribution in [2.45, 2.75) is 19.5 Å². The fraction of sp³-hybridized carbons (Fsp3) is 0.267. The van der Waals surface area contributed by atoms with Gasteiger partial charge in [-0.05, 0) is 30.7 Å². The average Bonchev–Trinajstić information content (AvgIpc) is 2.93. The number of furan rings is 1. The third-order valence-electron chi connectivity index (χ3n) is 3.03. The molecule has 2 aromatic rings. The third kappa shape index (κ3) is 3.62. The molecule has 0 fully saturated rings. The van der Waals surface area contributed by atoms with Crippen LogP contribution >= 0.6 is 11.6 Å². The van der Waals surface area contributed by atoms with Crippen LogP contribution < -0.4 is 5.32 Å². The van der Waals surface area contributed by atoms with Crippen molar-refractivity contribution >= 4 is 17.6 Å². The summed E-state index contributed by atoms with van der Waals surface area (Å²) in [6.07, 6.45) is 1.40. The maximum Gasteiger partial charge on any atom is 0.341 e. The molecule has 106 valence electrons. The Balaban J connectivity index is 1.93. The van der Waals surface area contributed by atoms with Gasteiger partial charge >= 0.3 is 5.97 Å². The molecule has 1 aromatic carbocycles. The molecule has 0 unspecified atom stereocenters. The van der Waals surface area contributed by atoms with Gasteiger partial charge in [0.2, 0.25) is 0 Å². The molecule has 0 aliphatic carbocycles. The van der Waals surface area contributed by atoms with Crippen molar-refractivity contribution in [1.82, 2.24) is 5.32 Å². The summed E-state index contributed by atoms with van der Waals surface area (Å²) >= 11 is 5.86. The minimum atomic E-state index is -0.397. The topological polar surface area (TPSA) is 51.5 Å². The molecule has 1 aromatic heterocycles. The summed E-state index contributed by atoms with van der Waals surface area (Å²) in [5.74, 6) is 0.289. The highest BCUT2D eigenvalue weighted by Gasteiger charge is 2.11. The van der Waals surface area contributed by atoms with E-state index in [0.29, 0.717) is 17.9 Å². The number of esters is 1. The van der Waals surface area contributed by atoms with Crippen molar-refractivity contribution in [3.05, 3.63) is 58.5 Å². The molecule has 2 rings (SSSR count). The van der Waals surface area contributed by atoms with E-state index in [2.05, 4.69) is 10.1 Å². The van der Waals surface area contributed by atoms with Gasteiger partial charge < -0.3 is 14.5 Å². The molecule has 0 aliphatic heterocycles. The Morgan fingerprint density at radius 3 is 2.75 bits per heavy atom. The number of benzene rings is 1. The molecular formula is C15H16ClNO3. The standard InChI is InChI=1S/C15H16ClNO3/c1-10(11-3-5-13(16)6-4-11)17-8-14-7-12(9-20-14)15(18)19-2/h3-7,9-10,17H,8H2,1-2H3/t10-/m1/s1. The number of carbonyl (C=O) groups excluding carboxylic acids is 1. The molecule has 0 aliphatic rings. The number of halogens is 1. The van der Waals surface area contributed by atoms with Gasteiger partial charge in [-0.15, -0.1) is 0 Å². The SMILES string of the molecule is COC(=O)c1coc(CN[C@H](C)c2ccc(Cl)cc2)c1. The molecule has 0 amide bonds. The van der Waals surface area contributed by atoms with Gasteiger partial charge in [0.15, 0.2) is 0 Å². The van der Waals surface area contributed by atoms with Gasteiger partial charge in [-0.3, -0.25) is 0 Å². The highest BCUT2D eigenvalue weighted by molar-refractivity contribution is 6.30. The molecule has 0 saturated carbocycles. The number of nitrogens with one attached hydrogen (secondary N) is 1. The van der Waals surface area contributed by atoms with E-state index in [1.54, 1.807) is 6.07 Å². The van der Waals surface area contributed by atoms with E-state index in [-0.39, 0.29) is 6.04 Å². The van der Waals surface area contributed by atoms with Gasteiger partial charge in [0.25, 0.3) is 0 Å². The Hall–Kier alpha value is -1.78. The molecule has 1 N–H and O–H groups in total. The van der Waals surface area contributed by atoms with Gasteiger partial charge in [-0.25, -0.2) is 4.79 Å². The first-order valence-electron chi connectivity index (χ1n) is 6.24. The van der Waals surface area contributed by atoms with Gasteiger partial charge in [0.1, 0.15) is 12.0 Å². The molecule has 20 heavy (non-hydrogen) atoms. The maximum absolute atomic E-state index is 11.3. The smallest absolute Gasteiger partial charge is 0.341 e. The van der Waals surface area contributed by atoms with E-state index < -0.39 is 5.97 Å². The summed E-state index contributed by atoms with van der Waals surface area (Å²) < 4.78 is 9.93. The van der Waals surface area contributed by atoms with E-state index in [4.69, 9.17) is 16.0 Å². The number of rotatable bonds is 5. The van der Waals surface area contributed by atoms with Crippen LogP contribution in [0.15, 0.2) is 41.0 Å². The largest absolute Gasteiger partial charge is 0.467 e. The zero-order valence-corrected chi connectivity index (χ0v) is 12.1. The number of ether oxygens (including phenoxy) is 1. The van der Waals surface area contributed by atoms with E-state index in [9.17, 15) is 4.79 Å². The average molecular weight is 294 g/mol. The Bertz CT molecular complexity index is 577. The van der Waals surface area contributed by atoms with Crippen LogP contribution in [0.3, 0.4) is 0 Å². The molecule has 0 spiro atoms. The Labute approximate surface area is 122 Å². The van der Waals surface area contributed by atoms with Gasteiger partial charge in [-0.1, -0.05) is 23.7 Å². The summed E-state index contributed by atoms with van der Waals surface area (Å²) in [6, 6.07) is 9.49. The number of hydrogen-bond acceptors (Lipinski definition) is 4. The van der Waals surface area contributed by atoms with Crippen molar-refractivity contribution in [1.29, 1.82) is 0 Å². The summed E-state index contributed by atoms with van der Waals surface area (Å²) in [7, 11) is 1.34. The molecule has 0 bridgehead atoms. The van der Waals surface area contributed by atoms with Crippen molar-refractivity contribution in [2.24, 2.45) is 0 Å². The van der Waals surface area contributed by atoms with Crippen LogP contribution in [0.5, 0.6) is 0 Å². The summed E-state index contributed by atoms with van der Waals surface area (Å²) in [5, 5.41) is 4.03. The monoisotopic (exact) mass is 293 g/mol. The summed E-state index contributed by atoms with van der Waals surface area (Å²) in [4.78, 5) is 11.3. The molecule has 4 nitrogen and oxygen atoms in total. The molecule has 5 heteroatoms. The van der Waals surface area contributed by atoms with Crippen molar-refractivity contribution < 1.29 is 13.9 Å². The second-order valence-electron chi connectivity index (χ2n) is 4.45. The maximum atomic E-state index is 11.3. The lowest BCUT2D eigenvalue weighted by Gasteiger charge is -2.13. The van der Waals surface area contributed by atoms with E-state index in [1.807, 2.05) is 31.2 Å². The second kappa shape index (κ2) is 6.59. The Kier molecular flexibility index (Phi) is 4.82. The van der Waals surface area contributed by atoms with Crippen molar-refractivity contribution in [3.8, 4) is 0 Å². The fourth-order valence-electron chi connectivity index (χ4n) is 1.82. The zero-order valence-electron chi connectivity index (χ0n) is 11.4. The van der Waals surface area contributed by atoms with Crippen molar-refractivity contribution in [2.75, 3.05) is 7.11 Å². The second-order valence-corrected chi connectivity index (χ2v) is 4.88. The van der Waals surface area contributed by atoms with Gasteiger partial charge in [0, 0.05) is 11.1 Å². The lowest BCUT2D eigenvalue weighted by atomic mass is 10.1. The molecule has 1 atom stereocenters. The van der Waals surface area contributed by atoms with Crippen LogP contribution in [0.1, 0.15) is 34.6 Å². The molecule has 0 saturated heterocycles. The lowest BCUT2D eigenvalue weighted by molar-refractivity contribution is 0.0600. The zero-order chi connectivity index (χ0) is 14.5. The quantitative estimate of drug-likeness (QED) is 0.856. The highest BCUT2D eigenvalue weighted by atomic mass is 35.5. The van der Waals surface area contributed by atoms with E-state index >= 15 is 0 Å². The Morgan fingerprint density at radius 2 is 2.10 bits per heavy atom. The fourth-order valence-corrected chi connectivity index (χ4v) is 1.95. The summed E-state index contributed by atoms with van der Waals surface area (Å²) in [6.45, 7) is 2.58. The van der Waals surface area contributed by atoms with Crippen molar-refractivity contribution in [3.63, 3.8) is 0 Å². The summed E-state index contributed by atoms with van der Waals surface area (Å²) in [5.41, 5.74) is 1.55. The Morgan fingerprint density at radius 1 is 1.40 bits per heavy atom. The molecular weight excluding hydrogens is 278 g/mol.